The number of rotatable bonds is 8. The van der Waals surface area contributed by atoms with Crippen LogP contribution in [-0.2, 0) is 6.61 Å². The number of fused-ring (bicyclic) bond motifs is 1. The van der Waals surface area contributed by atoms with Gasteiger partial charge in [0.2, 0.25) is 0 Å². The molecule has 4 aromatic rings. The van der Waals surface area contributed by atoms with Gasteiger partial charge in [-0.15, -0.1) is 0 Å². The molecule has 0 saturated heterocycles. The highest BCUT2D eigenvalue weighted by molar-refractivity contribution is 6.00. The molecule has 0 N–H and O–H groups in total. The molecule has 1 atom stereocenters. The van der Waals surface area contributed by atoms with E-state index in [0.29, 0.717) is 57.7 Å². The number of ketones is 1. The van der Waals surface area contributed by atoms with Crippen LogP contribution in [0.15, 0.2) is 71.3 Å². The Bertz CT molecular complexity index is 1380. The smallest absolute Gasteiger partial charge is 0.174 e. The lowest BCUT2D eigenvalue weighted by atomic mass is 9.96. The summed E-state index contributed by atoms with van der Waals surface area (Å²) in [6.07, 6.45) is -0.0211. The summed E-state index contributed by atoms with van der Waals surface area (Å²) in [5, 5.41) is 4.16. The maximum Gasteiger partial charge on any atom is 0.174 e. The van der Waals surface area contributed by atoms with Crippen molar-refractivity contribution in [3.63, 3.8) is 0 Å². The predicted molar refractivity (Wildman–Crippen MR) is 131 cm³/mol. The van der Waals surface area contributed by atoms with Gasteiger partial charge in [0.05, 0.1) is 33.3 Å². The van der Waals surface area contributed by atoms with Gasteiger partial charge in [0.25, 0.3) is 0 Å². The Morgan fingerprint density at radius 3 is 2.36 bits per heavy atom. The number of methoxy groups -OCH3 is 3. The second-order valence-corrected chi connectivity index (χ2v) is 8.18. The van der Waals surface area contributed by atoms with Gasteiger partial charge in [0, 0.05) is 23.8 Å². The Hall–Kier alpha value is -4.46. The molecule has 1 aromatic heterocycles. The zero-order valence-corrected chi connectivity index (χ0v) is 20.1. The molecule has 36 heavy (non-hydrogen) atoms. The molecule has 0 bridgehead atoms. The summed E-state index contributed by atoms with van der Waals surface area (Å²) in [5.74, 6) is 3.28. The van der Waals surface area contributed by atoms with E-state index in [2.05, 4.69) is 5.16 Å². The number of ether oxygens (including phenoxy) is 5. The van der Waals surface area contributed by atoms with Gasteiger partial charge in [-0.05, 0) is 23.8 Å². The van der Waals surface area contributed by atoms with E-state index in [1.165, 1.54) is 0 Å². The number of benzene rings is 3. The van der Waals surface area contributed by atoms with Crippen LogP contribution < -0.4 is 23.7 Å². The Labute approximate surface area is 208 Å². The lowest BCUT2D eigenvalue weighted by Gasteiger charge is -2.25. The Kier molecular flexibility index (Phi) is 6.49. The van der Waals surface area contributed by atoms with Crippen LogP contribution in [0.25, 0.3) is 11.3 Å². The van der Waals surface area contributed by atoms with Gasteiger partial charge in [-0.2, -0.15) is 0 Å². The van der Waals surface area contributed by atoms with Gasteiger partial charge in [-0.25, -0.2) is 0 Å². The first-order valence-electron chi connectivity index (χ1n) is 11.4. The topological polar surface area (TPSA) is 89.2 Å². The Morgan fingerprint density at radius 2 is 1.61 bits per heavy atom. The maximum absolute atomic E-state index is 12.7. The summed E-state index contributed by atoms with van der Waals surface area (Å²) in [6, 6.07) is 20.2. The number of hydrogen-bond acceptors (Lipinski definition) is 8. The molecule has 0 aliphatic carbocycles. The third kappa shape index (κ3) is 4.57. The van der Waals surface area contributed by atoms with E-state index < -0.39 is 0 Å². The van der Waals surface area contributed by atoms with Crippen molar-refractivity contribution in [1.29, 1.82) is 0 Å². The van der Waals surface area contributed by atoms with Crippen molar-refractivity contribution >= 4 is 5.78 Å². The summed E-state index contributed by atoms with van der Waals surface area (Å²) in [4.78, 5) is 12.7. The van der Waals surface area contributed by atoms with Crippen molar-refractivity contribution in [2.75, 3.05) is 21.3 Å². The maximum atomic E-state index is 12.7. The fraction of sp³-hybridized carbons (Fsp3) is 0.214. The molecule has 2 heterocycles. The van der Waals surface area contributed by atoms with Crippen LogP contribution >= 0.6 is 0 Å². The van der Waals surface area contributed by atoms with Crippen LogP contribution in [0.5, 0.6) is 28.7 Å². The molecule has 5 rings (SSSR count). The second kappa shape index (κ2) is 10.0. The van der Waals surface area contributed by atoms with Crippen LogP contribution in [0.1, 0.15) is 34.2 Å². The largest absolute Gasteiger partial charge is 0.496 e. The molecule has 8 nitrogen and oxygen atoms in total. The lowest BCUT2D eigenvalue weighted by molar-refractivity contribution is 0.0849. The van der Waals surface area contributed by atoms with Gasteiger partial charge in [-0.1, -0.05) is 35.5 Å². The number of carbonyl (C=O) groups excluding carboxylic acids is 1. The molecule has 0 fully saturated rings. The molecular weight excluding hydrogens is 462 g/mol. The molecule has 1 unspecified atom stereocenters. The Morgan fingerprint density at radius 1 is 0.861 bits per heavy atom. The molecule has 1 aliphatic heterocycles. The molecule has 184 valence electrons. The van der Waals surface area contributed by atoms with Crippen LogP contribution in [0.3, 0.4) is 0 Å². The molecule has 0 saturated carbocycles. The minimum Gasteiger partial charge on any atom is -0.496 e. The van der Waals surface area contributed by atoms with E-state index in [9.17, 15) is 4.79 Å². The highest BCUT2D eigenvalue weighted by Gasteiger charge is 2.28. The summed E-state index contributed by atoms with van der Waals surface area (Å²) >= 11 is 0. The van der Waals surface area contributed by atoms with E-state index in [1.807, 2.05) is 30.3 Å². The average Bonchev–Trinajstić information content (AvgIpc) is 3.40. The van der Waals surface area contributed by atoms with Crippen molar-refractivity contribution in [3.8, 4) is 40.0 Å². The van der Waals surface area contributed by atoms with Crippen molar-refractivity contribution in [2.24, 2.45) is 0 Å². The number of carbonyl (C=O) groups is 1. The average molecular weight is 488 g/mol. The predicted octanol–water partition coefficient (Wildman–Crippen LogP) is 5.65. The molecule has 1 aliphatic rings. The van der Waals surface area contributed by atoms with E-state index in [4.69, 9.17) is 28.2 Å². The van der Waals surface area contributed by atoms with Crippen LogP contribution in [0, 0.1) is 0 Å². The van der Waals surface area contributed by atoms with E-state index in [0.717, 1.165) is 5.56 Å². The first-order valence-corrected chi connectivity index (χ1v) is 11.4. The number of aromatic nitrogens is 1. The van der Waals surface area contributed by atoms with E-state index in [-0.39, 0.29) is 18.5 Å². The first kappa shape index (κ1) is 23.3. The second-order valence-electron chi connectivity index (χ2n) is 8.18. The van der Waals surface area contributed by atoms with Crippen molar-refractivity contribution < 1.29 is 33.0 Å². The molecule has 0 amide bonds. The first-order chi connectivity index (χ1) is 17.6. The lowest BCUT2D eigenvalue weighted by Crippen LogP contribution is -2.20. The van der Waals surface area contributed by atoms with Gasteiger partial charge in [-0.3, -0.25) is 4.79 Å². The minimum absolute atomic E-state index is 0.0420. The number of nitrogens with zero attached hydrogens (tertiary/aromatic N) is 1. The Balaban J connectivity index is 1.32. The summed E-state index contributed by atoms with van der Waals surface area (Å²) < 4.78 is 33.8. The fourth-order valence-corrected chi connectivity index (χ4v) is 4.14. The molecular formula is C28H25NO7. The quantitative estimate of drug-likeness (QED) is 0.315. The van der Waals surface area contributed by atoms with Crippen molar-refractivity contribution in [2.45, 2.75) is 19.1 Å². The zero-order valence-electron chi connectivity index (χ0n) is 20.1. The van der Waals surface area contributed by atoms with E-state index >= 15 is 0 Å². The zero-order chi connectivity index (χ0) is 25.1. The van der Waals surface area contributed by atoms with Crippen molar-refractivity contribution in [3.05, 3.63) is 83.6 Å². The highest BCUT2D eigenvalue weighted by Crippen LogP contribution is 2.40. The van der Waals surface area contributed by atoms with Gasteiger partial charge >= 0.3 is 0 Å². The SMILES string of the molecule is COc1cc(OC)c(-c2cc(COc3ccc4c(c3)OC(c3ccccc3)CC4=O)on2)cc1OC. The van der Waals surface area contributed by atoms with E-state index in [1.54, 1.807) is 57.7 Å². The van der Waals surface area contributed by atoms with Crippen molar-refractivity contribution in [1.82, 2.24) is 5.16 Å². The molecule has 8 heteroatoms. The molecule has 3 aromatic carbocycles. The summed E-state index contributed by atoms with van der Waals surface area (Å²) in [6.45, 7) is 0.136. The third-order valence-corrected chi connectivity index (χ3v) is 5.99. The standard InChI is InChI=1S/C28H25NO7/c1-31-25-15-28(33-3)27(32-2)13-21(25)22-11-19(36-29-22)16-34-18-9-10-20-23(30)14-24(35-26(20)12-18)17-7-5-4-6-8-17/h4-13,15,24H,14,16H2,1-3H3. The minimum atomic E-state index is -0.324. The van der Waals surface area contributed by atoms with Gasteiger partial charge in [0.15, 0.2) is 23.0 Å². The third-order valence-electron chi connectivity index (χ3n) is 5.99. The fourth-order valence-electron chi connectivity index (χ4n) is 4.14. The van der Waals surface area contributed by atoms with Crippen LogP contribution in [0.2, 0.25) is 0 Å². The van der Waals surface area contributed by atoms with Gasteiger partial charge < -0.3 is 28.2 Å². The van der Waals surface area contributed by atoms with Crippen LogP contribution in [-0.4, -0.2) is 32.3 Å². The van der Waals surface area contributed by atoms with Crippen LogP contribution in [0.4, 0.5) is 0 Å². The highest BCUT2D eigenvalue weighted by atomic mass is 16.5. The summed E-state index contributed by atoms with van der Waals surface area (Å²) in [5.41, 5.74) is 2.77. The monoisotopic (exact) mass is 487 g/mol. The number of hydrogen-bond donors (Lipinski definition) is 0. The number of Topliss-reactive ketones (excluding diaryl/α,β-unsaturated/α-hetero) is 1. The molecule has 0 radical (unpaired) electrons. The molecule has 0 spiro atoms. The normalized spacial score (nSPS) is 14.5. The van der Waals surface area contributed by atoms with Gasteiger partial charge in [0.1, 0.15) is 35.7 Å². The summed E-state index contributed by atoms with van der Waals surface area (Å²) in [7, 11) is 4.69.